The molecule has 1 amide bonds. The number of aromatic nitrogens is 1. The predicted molar refractivity (Wildman–Crippen MR) is 127 cm³/mol. The summed E-state index contributed by atoms with van der Waals surface area (Å²) >= 11 is 0. The summed E-state index contributed by atoms with van der Waals surface area (Å²) in [6.45, 7) is 11.1. The molecule has 0 saturated heterocycles. The van der Waals surface area contributed by atoms with Gasteiger partial charge in [-0.05, 0) is 68.5 Å². The van der Waals surface area contributed by atoms with E-state index < -0.39 is 18.0 Å². The summed E-state index contributed by atoms with van der Waals surface area (Å²) < 4.78 is 18.0. The van der Waals surface area contributed by atoms with Crippen molar-refractivity contribution in [3.05, 3.63) is 52.4 Å². The molecule has 3 rings (SSSR count). The van der Waals surface area contributed by atoms with Crippen molar-refractivity contribution in [2.24, 2.45) is 5.92 Å². The SMILES string of the molecule is Cc1cc(/C=C(\C#N)C(=O)OC(C)C(=O)NCc2ccc3c(c2)OCO3)c(C)n1CCC(C)C. The molecule has 0 fully saturated rings. The summed E-state index contributed by atoms with van der Waals surface area (Å²) in [6.07, 6.45) is 1.50. The molecule has 8 nitrogen and oxygen atoms in total. The first-order chi connectivity index (χ1) is 16.2. The number of rotatable bonds is 9. The van der Waals surface area contributed by atoms with Crippen molar-refractivity contribution < 1.29 is 23.8 Å². The van der Waals surface area contributed by atoms with E-state index in [1.807, 2.05) is 32.0 Å². The van der Waals surface area contributed by atoms with Gasteiger partial charge in [-0.2, -0.15) is 5.26 Å². The van der Waals surface area contributed by atoms with Gasteiger partial charge in [0.2, 0.25) is 6.79 Å². The number of hydrogen-bond acceptors (Lipinski definition) is 6. The molecule has 0 radical (unpaired) electrons. The molecule has 180 valence electrons. The maximum atomic E-state index is 12.6. The largest absolute Gasteiger partial charge is 0.454 e. The number of aryl methyl sites for hydroxylation is 1. The van der Waals surface area contributed by atoms with Gasteiger partial charge in [0, 0.05) is 24.5 Å². The Morgan fingerprint density at radius 1 is 1.21 bits per heavy atom. The Hall–Kier alpha value is -3.73. The molecule has 1 atom stereocenters. The van der Waals surface area contributed by atoms with Gasteiger partial charge < -0.3 is 24.1 Å². The maximum Gasteiger partial charge on any atom is 0.349 e. The van der Waals surface area contributed by atoms with Crippen molar-refractivity contribution in [3.63, 3.8) is 0 Å². The average molecular weight is 466 g/mol. The lowest BCUT2D eigenvalue weighted by Gasteiger charge is -2.13. The predicted octanol–water partition coefficient (Wildman–Crippen LogP) is 4.03. The fraction of sp³-hybridized carbons (Fsp3) is 0.423. The summed E-state index contributed by atoms with van der Waals surface area (Å²) in [7, 11) is 0. The van der Waals surface area contributed by atoms with Crippen molar-refractivity contribution in [2.45, 2.75) is 60.2 Å². The van der Waals surface area contributed by atoms with Crippen LogP contribution in [0.1, 0.15) is 49.7 Å². The highest BCUT2D eigenvalue weighted by Gasteiger charge is 2.21. The Morgan fingerprint density at radius 2 is 1.94 bits per heavy atom. The van der Waals surface area contributed by atoms with E-state index in [9.17, 15) is 14.9 Å². The van der Waals surface area contributed by atoms with Crippen LogP contribution in [-0.2, 0) is 27.4 Å². The third-order valence-electron chi connectivity index (χ3n) is 5.74. The van der Waals surface area contributed by atoms with Crippen molar-refractivity contribution in [3.8, 4) is 17.6 Å². The zero-order valence-electron chi connectivity index (χ0n) is 20.3. The molecule has 34 heavy (non-hydrogen) atoms. The lowest BCUT2D eigenvalue weighted by atomic mass is 10.1. The van der Waals surface area contributed by atoms with Crippen molar-refractivity contribution in [2.75, 3.05) is 6.79 Å². The highest BCUT2D eigenvalue weighted by atomic mass is 16.7. The van der Waals surface area contributed by atoms with Gasteiger partial charge in [0.1, 0.15) is 11.6 Å². The minimum absolute atomic E-state index is 0.153. The van der Waals surface area contributed by atoms with E-state index in [0.29, 0.717) is 17.4 Å². The molecule has 1 aromatic carbocycles. The second kappa shape index (κ2) is 10.9. The zero-order valence-corrected chi connectivity index (χ0v) is 20.3. The third-order valence-corrected chi connectivity index (χ3v) is 5.74. The minimum Gasteiger partial charge on any atom is -0.454 e. The minimum atomic E-state index is -1.06. The number of nitriles is 1. The van der Waals surface area contributed by atoms with E-state index in [2.05, 4.69) is 23.7 Å². The van der Waals surface area contributed by atoms with E-state index >= 15 is 0 Å². The molecule has 1 N–H and O–H groups in total. The van der Waals surface area contributed by atoms with Gasteiger partial charge in [-0.1, -0.05) is 19.9 Å². The van der Waals surface area contributed by atoms with Gasteiger partial charge in [-0.25, -0.2) is 4.79 Å². The molecule has 0 aliphatic carbocycles. The summed E-state index contributed by atoms with van der Waals surface area (Å²) in [6, 6.07) is 9.23. The highest BCUT2D eigenvalue weighted by Crippen LogP contribution is 2.32. The van der Waals surface area contributed by atoms with Crippen LogP contribution >= 0.6 is 0 Å². The zero-order chi connectivity index (χ0) is 24.8. The molecule has 0 saturated carbocycles. The number of carbonyl (C=O) groups excluding carboxylic acids is 2. The van der Waals surface area contributed by atoms with Crippen LogP contribution in [0, 0.1) is 31.1 Å². The summed E-state index contributed by atoms with van der Waals surface area (Å²) in [5, 5.41) is 12.3. The topological polar surface area (TPSA) is 103 Å². The van der Waals surface area contributed by atoms with E-state index in [1.54, 1.807) is 12.1 Å². The molecule has 0 bridgehead atoms. The molecule has 1 aliphatic rings. The van der Waals surface area contributed by atoms with Crippen LogP contribution in [-0.4, -0.2) is 29.3 Å². The molecular formula is C26H31N3O5. The molecule has 1 aromatic heterocycles. The summed E-state index contributed by atoms with van der Waals surface area (Å²) in [5.41, 5.74) is 3.50. The Kier molecular flexibility index (Phi) is 8.00. The smallest absolute Gasteiger partial charge is 0.349 e. The van der Waals surface area contributed by atoms with Crippen LogP contribution in [0.5, 0.6) is 11.5 Å². The van der Waals surface area contributed by atoms with Crippen LogP contribution in [0.2, 0.25) is 0 Å². The van der Waals surface area contributed by atoms with Crippen LogP contribution in [0.15, 0.2) is 29.8 Å². The van der Waals surface area contributed by atoms with Crippen LogP contribution < -0.4 is 14.8 Å². The van der Waals surface area contributed by atoms with Crippen LogP contribution in [0.4, 0.5) is 0 Å². The molecule has 2 heterocycles. The lowest BCUT2D eigenvalue weighted by Crippen LogP contribution is -2.35. The van der Waals surface area contributed by atoms with Gasteiger partial charge in [0.15, 0.2) is 17.6 Å². The summed E-state index contributed by atoms with van der Waals surface area (Å²) in [4.78, 5) is 25.0. The number of fused-ring (bicyclic) bond motifs is 1. The average Bonchev–Trinajstić information content (AvgIpc) is 3.37. The highest BCUT2D eigenvalue weighted by molar-refractivity contribution is 5.99. The summed E-state index contributed by atoms with van der Waals surface area (Å²) in [5.74, 6) is 0.561. The first-order valence-corrected chi connectivity index (χ1v) is 11.3. The van der Waals surface area contributed by atoms with Crippen LogP contribution in [0.25, 0.3) is 6.08 Å². The molecule has 8 heteroatoms. The molecule has 0 spiro atoms. The number of ether oxygens (including phenoxy) is 3. The van der Waals surface area contributed by atoms with Gasteiger partial charge in [-0.3, -0.25) is 4.79 Å². The fourth-order valence-electron chi connectivity index (χ4n) is 3.66. The van der Waals surface area contributed by atoms with E-state index in [4.69, 9.17) is 14.2 Å². The number of hydrogen-bond donors (Lipinski definition) is 1. The Labute approximate surface area is 200 Å². The lowest BCUT2D eigenvalue weighted by molar-refractivity contribution is -0.150. The Morgan fingerprint density at radius 3 is 2.65 bits per heavy atom. The van der Waals surface area contributed by atoms with Crippen molar-refractivity contribution >= 4 is 18.0 Å². The number of nitrogens with zero attached hydrogens (tertiary/aromatic N) is 2. The van der Waals surface area contributed by atoms with Crippen molar-refractivity contribution in [1.82, 2.24) is 9.88 Å². The molecule has 1 unspecified atom stereocenters. The molecular weight excluding hydrogens is 434 g/mol. The van der Waals surface area contributed by atoms with E-state index in [-0.39, 0.29) is 18.9 Å². The number of nitrogens with one attached hydrogen (secondary N) is 1. The second-order valence-corrected chi connectivity index (χ2v) is 8.78. The number of carbonyl (C=O) groups is 2. The van der Waals surface area contributed by atoms with E-state index in [0.717, 1.165) is 35.5 Å². The number of esters is 1. The first-order valence-electron chi connectivity index (χ1n) is 11.3. The van der Waals surface area contributed by atoms with E-state index in [1.165, 1.54) is 13.0 Å². The van der Waals surface area contributed by atoms with Gasteiger partial charge in [-0.15, -0.1) is 0 Å². The number of benzene rings is 1. The Balaban J connectivity index is 1.60. The molecule has 2 aromatic rings. The maximum absolute atomic E-state index is 12.6. The van der Waals surface area contributed by atoms with Gasteiger partial charge >= 0.3 is 5.97 Å². The van der Waals surface area contributed by atoms with Gasteiger partial charge in [0.05, 0.1) is 0 Å². The Bertz CT molecular complexity index is 1140. The first kappa shape index (κ1) is 24.9. The normalized spacial score (nSPS) is 13.5. The van der Waals surface area contributed by atoms with Crippen LogP contribution in [0.3, 0.4) is 0 Å². The van der Waals surface area contributed by atoms with Crippen molar-refractivity contribution in [1.29, 1.82) is 5.26 Å². The monoisotopic (exact) mass is 465 g/mol. The quantitative estimate of drug-likeness (QED) is 0.341. The number of amides is 1. The van der Waals surface area contributed by atoms with Gasteiger partial charge in [0.25, 0.3) is 5.91 Å². The molecule has 1 aliphatic heterocycles. The fourth-order valence-corrected chi connectivity index (χ4v) is 3.66. The third kappa shape index (κ3) is 5.98. The standard InChI is InChI=1S/C26H31N3O5/c1-16(2)8-9-29-17(3)10-21(18(29)4)12-22(13-27)26(31)34-19(5)25(30)28-14-20-6-7-23-24(11-20)33-15-32-23/h6-7,10-12,16,19H,8-9,14-15H2,1-5H3,(H,28,30)/b22-12+. The second-order valence-electron chi connectivity index (χ2n) is 8.78.